The van der Waals surface area contributed by atoms with Crippen LogP contribution in [0.4, 0.5) is 0 Å². The van der Waals surface area contributed by atoms with Gasteiger partial charge in [0.05, 0.1) is 5.54 Å². The van der Waals surface area contributed by atoms with Crippen molar-refractivity contribution >= 4 is 73.7 Å². The number of hydrogen-bond acceptors (Lipinski definition) is 1. The molecular weight excluding hydrogens is 422 g/mol. The van der Waals surface area contributed by atoms with Crippen molar-refractivity contribution in [2.24, 2.45) is 0 Å². The fraction of sp³-hybridized carbons (Fsp3) is 0. The Morgan fingerprint density at radius 2 is 1.25 bits per heavy atom. The molecule has 0 saturated heterocycles. The Balaban J connectivity index is 0. The first-order chi connectivity index (χ1) is 4.86. The van der Waals surface area contributed by atoms with E-state index in [9.17, 15) is 0 Å². The Bertz CT molecular complexity index is 192. The first kappa shape index (κ1) is 16.4. The van der Waals surface area contributed by atoms with Crippen molar-refractivity contribution in [3.63, 3.8) is 0 Å². The van der Waals surface area contributed by atoms with Crippen LogP contribution in [0.5, 0.6) is 0 Å². The molecule has 0 saturated carbocycles. The average Bonchev–Trinajstić information content (AvgIpc) is 1.58. The van der Waals surface area contributed by atoms with Gasteiger partial charge in [0.1, 0.15) is 0 Å². The number of diazo groups is 1. The summed E-state index contributed by atoms with van der Waals surface area (Å²) in [6, 6.07) is 0. The predicted octanol–water partition coefficient (Wildman–Crippen LogP) is 5.31. The SMILES string of the molecule is N#[N+]/C=C\Cl.[Cl][Sb-]([Cl])([Cl])([Cl])([Cl])[Cl]. The van der Waals surface area contributed by atoms with Crippen LogP contribution in [0.3, 0.4) is 0 Å². The quantitative estimate of drug-likeness (QED) is 0.383. The molecule has 0 spiro atoms. The van der Waals surface area contributed by atoms with Crippen molar-refractivity contribution in [2.75, 3.05) is 0 Å². The third-order valence-electron chi connectivity index (χ3n) is 0.123. The number of nitrogens with zero attached hydrogens (tertiary/aromatic N) is 2. The normalized spacial score (nSPS) is 16.8. The molecule has 0 radical (unpaired) electrons. The molecular formula is C2H2Cl7N2Sb. The summed E-state index contributed by atoms with van der Waals surface area (Å²) in [5.74, 6) is 0. The molecule has 0 heterocycles. The zero-order chi connectivity index (χ0) is 10.5. The van der Waals surface area contributed by atoms with E-state index >= 15 is 0 Å². The van der Waals surface area contributed by atoms with Crippen LogP contribution in [-0.4, -0.2) is 9.14 Å². The molecule has 0 N–H and O–H groups in total. The molecule has 0 rings (SSSR count). The summed E-state index contributed by atoms with van der Waals surface area (Å²) in [5.41, 5.74) is 1.11. The molecule has 0 aromatic heterocycles. The molecule has 2 nitrogen and oxygen atoms in total. The summed E-state index contributed by atoms with van der Waals surface area (Å²) >= 11 is 4.87. The standard InChI is InChI=1S/C2H2ClN2.6ClH.Sb/c3-1-2-5-4;;;;;;;/h1-2H;6*1H;/q+1;;;;;;;+5/p-6/b2-1-;;;;;;;. The molecule has 0 aromatic rings. The minimum absolute atomic E-state index is 1.07. The van der Waals surface area contributed by atoms with Gasteiger partial charge >= 0.3 is 68.3 Å². The Kier molecular flexibility index (Phi) is 6.42. The van der Waals surface area contributed by atoms with E-state index in [0.717, 1.165) is 11.7 Å². The molecule has 0 fully saturated rings. The summed E-state index contributed by atoms with van der Waals surface area (Å²) in [4.78, 5) is 2.54. The second kappa shape index (κ2) is 4.69. The van der Waals surface area contributed by atoms with Gasteiger partial charge in [-0.2, -0.15) is 0 Å². The maximum absolute atomic E-state index is 7.52. The second-order valence-electron chi connectivity index (χ2n) is 1.35. The summed E-state index contributed by atoms with van der Waals surface area (Å²) < 4.78 is 0. The summed E-state index contributed by atoms with van der Waals surface area (Å²) in [7, 11) is 25.0. The van der Waals surface area contributed by atoms with Crippen LogP contribution < -0.4 is 0 Å². The van der Waals surface area contributed by atoms with Gasteiger partial charge in [-0.15, -0.1) is 0 Å². The van der Waals surface area contributed by atoms with E-state index in [1.54, 1.807) is 0 Å². The van der Waals surface area contributed by atoms with Gasteiger partial charge in [-0.25, -0.2) is 0 Å². The van der Waals surface area contributed by atoms with Gasteiger partial charge in [-0.1, -0.05) is 11.6 Å². The summed E-state index contributed by atoms with van der Waals surface area (Å²) in [5, 5.41) is 7.52. The molecule has 0 aliphatic heterocycles. The van der Waals surface area contributed by atoms with E-state index in [1.165, 1.54) is 0 Å². The molecule has 0 aliphatic rings. The van der Waals surface area contributed by atoms with Gasteiger partial charge in [0.25, 0.3) is 0 Å². The number of halogens is 7. The zero-order valence-electron chi connectivity index (χ0n) is 5.14. The van der Waals surface area contributed by atoms with Crippen LogP contribution in [0.2, 0.25) is 0 Å². The molecule has 74 valence electrons. The first-order valence-corrected chi connectivity index (χ1v) is 21.9. The van der Waals surface area contributed by atoms with Crippen LogP contribution in [0.1, 0.15) is 0 Å². The van der Waals surface area contributed by atoms with E-state index in [4.69, 9.17) is 70.0 Å². The van der Waals surface area contributed by atoms with Crippen LogP contribution in [0.15, 0.2) is 11.7 Å². The van der Waals surface area contributed by atoms with E-state index in [-0.39, 0.29) is 0 Å². The number of hydrogen-bond donors (Lipinski definition) is 0. The van der Waals surface area contributed by atoms with Crippen LogP contribution in [0.25, 0.3) is 4.98 Å². The molecule has 0 aromatic carbocycles. The maximum atomic E-state index is 7.52. The Hall–Kier alpha value is 2.01. The average molecular weight is 424 g/mol. The van der Waals surface area contributed by atoms with Gasteiger partial charge in [0.2, 0.25) is 5.39 Å². The van der Waals surface area contributed by atoms with Crippen molar-refractivity contribution in [1.29, 1.82) is 5.39 Å². The van der Waals surface area contributed by atoms with Crippen molar-refractivity contribution in [3.05, 3.63) is 16.7 Å². The fourth-order valence-electron chi connectivity index (χ4n) is 0.0252. The second-order valence-corrected chi connectivity index (χ2v) is 58.5. The van der Waals surface area contributed by atoms with Crippen LogP contribution >= 0.6 is 64.6 Å². The third-order valence-corrected chi connectivity index (χ3v) is 0.236. The van der Waals surface area contributed by atoms with Crippen LogP contribution in [0, 0.1) is 5.39 Å². The van der Waals surface area contributed by atoms with Crippen molar-refractivity contribution in [2.45, 2.75) is 0 Å². The topological polar surface area (TPSA) is 28.1 Å². The van der Waals surface area contributed by atoms with Gasteiger partial charge in [0, 0.05) is 0 Å². The molecule has 0 unspecified atom stereocenters. The monoisotopic (exact) mass is 420 g/mol. The molecule has 12 heavy (non-hydrogen) atoms. The minimum atomic E-state index is -5.42. The Morgan fingerprint density at radius 3 is 1.25 bits per heavy atom. The Morgan fingerprint density at radius 1 is 1.00 bits per heavy atom. The van der Waals surface area contributed by atoms with Crippen LogP contribution in [-0.2, 0) is 0 Å². The van der Waals surface area contributed by atoms with Gasteiger partial charge < -0.3 is 0 Å². The zero-order valence-corrected chi connectivity index (χ0v) is 13.0. The molecule has 0 bridgehead atoms. The third kappa shape index (κ3) is 90.6. The van der Waals surface area contributed by atoms with Crippen molar-refractivity contribution in [1.82, 2.24) is 0 Å². The Labute approximate surface area is 94.4 Å². The van der Waals surface area contributed by atoms with Crippen molar-refractivity contribution in [3.8, 4) is 0 Å². The fourth-order valence-corrected chi connectivity index (χ4v) is 0.0756. The van der Waals surface area contributed by atoms with Gasteiger partial charge in [-0.3, -0.25) is 0 Å². The number of rotatable bonds is 0. The summed E-state index contributed by atoms with van der Waals surface area (Å²) in [6.07, 6.45) is 1.07. The molecule has 0 atom stereocenters. The predicted molar refractivity (Wildman–Crippen MR) is 60.9 cm³/mol. The molecule has 0 amide bonds. The first-order valence-electron chi connectivity index (χ1n) is 2.02. The van der Waals surface area contributed by atoms with Crippen molar-refractivity contribution < 1.29 is 0 Å². The summed E-state index contributed by atoms with van der Waals surface area (Å²) in [6.45, 7) is 0. The van der Waals surface area contributed by atoms with E-state index in [1.807, 2.05) is 0 Å². The molecule has 0 aliphatic carbocycles. The van der Waals surface area contributed by atoms with E-state index in [0.29, 0.717) is 0 Å². The van der Waals surface area contributed by atoms with E-state index in [2.05, 4.69) is 4.98 Å². The molecule has 10 heteroatoms. The van der Waals surface area contributed by atoms with E-state index < -0.39 is 9.14 Å². The van der Waals surface area contributed by atoms with Gasteiger partial charge in [0.15, 0.2) is 4.98 Å². The van der Waals surface area contributed by atoms with Gasteiger partial charge in [-0.05, 0) is 0 Å².